The van der Waals surface area contributed by atoms with E-state index in [9.17, 15) is 45.3 Å². The van der Waals surface area contributed by atoms with Gasteiger partial charge in [0, 0.05) is 12.8 Å². The Morgan fingerprint density at radius 2 is 0.864 bits per heavy atom. The largest absolute Gasteiger partial charge is 0.462 e. The molecule has 0 spiro atoms. The zero-order valence-electron chi connectivity index (χ0n) is 36.3. The minimum atomic E-state index is -1.76. The molecule has 0 aliphatic carbocycles. The topological polar surface area (TPSA) is 231 Å². The van der Waals surface area contributed by atoms with E-state index in [0.29, 0.717) is 12.8 Å². The van der Waals surface area contributed by atoms with E-state index in [2.05, 4.69) is 13.8 Å². The zero-order chi connectivity index (χ0) is 43.3. The number of unbranched alkanes of at least 4 members (excludes halogenated alkanes) is 21. The number of aliphatic hydroxyl groups is 7. The number of rotatable bonds is 35. The fraction of sp³-hybridized carbons (Fsp3) is 0.955. The predicted molar refractivity (Wildman–Crippen MR) is 220 cm³/mol. The molecule has 2 saturated heterocycles. The van der Waals surface area contributed by atoms with Crippen molar-refractivity contribution in [2.24, 2.45) is 0 Å². The third-order valence-electron chi connectivity index (χ3n) is 11.3. The molecular weight excluding hydrogens is 768 g/mol. The van der Waals surface area contributed by atoms with Gasteiger partial charge in [0.05, 0.1) is 19.8 Å². The normalized spacial score (nSPS) is 27.7. The van der Waals surface area contributed by atoms with Gasteiger partial charge < -0.3 is 64.2 Å². The number of carbonyl (C=O) groups excluding carboxylic acids is 2. The Balaban J connectivity index is 1.85. The summed E-state index contributed by atoms with van der Waals surface area (Å²) in [5.41, 5.74) is 0. The summed E-state index contributed by atoms with van der Waals surface area (Å²) < 4.78 is 33.4. The second-order valence-corrected chi connectivity index (χ2v) is 16.6. The number of hydrogen-bond donors (Lipinski definition) is 7. The first-order valence-corrected chi connectivity index (χ1v) is 23.1. The number of esters is 2. The van der Waals surface area contributed by atoms with Gasteiger partial charge >= 0.3 is 11.9 Å². The highest BCUT2D eigenvalue weighted by molar-refractivity contribution is 5.70. The van der Waals surface area contributed by atoms with Crippen LogP contribution in [0.2, 0.25) is 0 Å². The Bertz CT molecular complexity index is 1050. The zero-order valence-corrected chi connectivity index (χ0v) is 36.3. The van der Waals surface area contributed by atoms with Crippen LogP contribution in [0.5, 0.6) is 0 Å². The van der Waals surface area contributed by atoms with E-state index in [1.54, 1.807) is 0 Å². The molecule has 2 rings (SSSR count). The Hall–Kier alpha value is -1.50. The number of ether oxygens (including phenoxy) is 6. The molecule has 4 unspecified atom stereocenters. The van der Waals surface area contributed by atoms with E-state index in [-0.39, 0.29) is 26.1 Å². The Morgan fingerprint density at radius 3 is 1.32 bits per heavy atom. The summed E-state index contributed by atoms with van der Waals surface area (Å²) in [6.07, 6.45) is 10.0. The third-order valence-corrected chi connectivity index (χ3v) is 11.3. The summed E-state index contributed by atoms with van der Waals surface area (Å²) in [6, 6.07) is 0. The molecule has 2 fully saturated rings. The molecule has 0 bridgehead atoms. The van der Waals surface area contributed by atoms with Gasteiger partial charge in [-0.3, -0.25) is 9.59 Å². The van der Waals surface area contributed by atoms with Crippen molar-refractivity contribution in [1.29, 1.82) is 0 Å². The van der Waals surface area contributed by atoms with E-state index in [0.717, 1.165) is 38.5 Å². The fourth-order valence-electron chi connectivity index (χ4n) is 7.45. The highest BCUT2D eigenvalue weighted by Crippen LogP contribution is 2.26. The van der Waals surface area contributed by atoms with Crippen LogP contribution in [0, 0.1) is 0 Å². The average Bonchev–Trinajstić information content (AvgIpc) is 3.23. The van der Waals surface area contributed by atoms with Crippen LogP contribution in [0.25, 0.3) is 0 Å². The quantitative estimate of drug-likeness (QED) is 0.0333. The van der Waals surface area contributed by atoms with Crippen molar-refractivity contribution in [3.8, 4) is 0 Å². The summed E-state index contributed by atoms with van der Waals surface area (Å²) in [5, 5.41) is 71.8. The van der Waals surface area contributed by atoms with Crippen LogP contribution in [0.15, 0.2) is 0 Å². The third kappa shape index (κ3) is 22.4. The lowest BCUT2D eigenvalue weighted by atomic mass is 9.98. The number of hydrogen-bond acceptors (Lipinski definition) is 15. The molecule has 0 aromatic heterocycles. The van der Waals surface area contributed by atoms with Gasteiger partial charge in [-0.15, -0.1) is 0 Å². The summed E-state index contributed by atoms with van der Waals surface area (Å²) in [4.78, 5) is 25.6. The van der Waals surface area contributed by atoms with Crippen molar-refractivity contribution in [3.05, 3.63) is 0 Å². The maximum atomic E-state index is 12.9. The van der Waals surface area contributed by atoms with Crippen molar-refractivity contribution in [2.75, 3.05) is 26.4 Å². The fourth-order valence-corrected chi connectivity index (χ4v) is 7.45. The summed E-state index contributed by atoms with van der Waals surface area (Å²) in [5.74, 6) is -0.917. The molecule has 7 N–H and O–H groups in total. The van der Waals surface area contributed by atoms with Crippen LogP contribution >= 0.6 is 0 Å². The van der Waals surface area contributed by atoms with Gasteiger partial charge in [-0.05, 0) is 12.8 Å². The van der Waals surface area contributed by atoms with Crippen molar-refractivity contribution >= 4 is 11.9 Å². The van der Waals surface area contributed by atoms with E-state index in [1.807, 2.05) is 0 Å². The first kappa shape index (κ1) is 53.6. The van der Waals surface area contributed by atoms with Crippen molar-refractivity contribution in [3.63, 3.8) is 0 Å². The van der Waals surface area contributed by atoms with Crippen LogP contribution in [0.3, 0.4) is 0 Å². The van der Waals surface area contributed by atoms with Crippen LogP contribution in [0.1, 0.15) is 174 Å². The molecule has 0 radical (unpaired) electrons. The molecule has 0 saturated carbocycles. The van der Waals surface area contributed by atoms with Gasteiger partial charge in [0.2, 0.25) is 0 Å². The number of aliphatic hydroxyl groups excluding tert-OH is 7. The smallest absolute Gasteiger partial charge is 0.306 e. The van der Waals surface area contributed by atoms with E-state index >= 15 is 0 Å². The Labute approximate surface area is 353 Å². The first-order valence-electron chi connectivity index (χ1n) is 23.1. The minimum Gasteiger partial charge on any atom is -0.462 e. The highest BCUT2D eigenvalue weighted by atomic mass is 16.7. The van der Waals surface area contributed by atoms with Crippen LogP contribution in [-0.2, 0) is 38.0 Å². The SMILES string of the molecule is CCCCCCCCCCCCCCC(=O)OC[C@H](CO[C@@H]1O[C@H](CO[C@@H]2O[C@H](CO)[C@H](O)C(O)C2O)[C@H](O)C(O)C1O)OC(=O)CCCCCCCCCCCCC. The van der Waals surface area contributed by atoms with Crippen LogP contribution in [-0.4, -0.2) is 142 Å². The summed E-state index contributed by atoms with van der Waals surface area (Å²) in [7, 11) is 0. The Morgan fingerprint density at radius 1 is 0.475 bits per heavy atom. The summed E-state index contributed by atoms with van der Waals surface area (Å²) >= 11 is 0. The monoisotopic (exact) mass is 851 g/mol. The minimum absolute atomic E-state index is 0.172. The lowest BCUT2D eigenvalue weighted by Crippen LogP contribution is -2.61. The molecule has 2 aliphatic rings. The van der Waals surface area contributed by atoms with E-state index in [1.165, 1.54) is 96.3 Å². The molecule has 11 atom stereocenters. The highest BCUT2D eigenvalue weighted by Gasteiger charge is 2.47. The van der Waals surface area contributed by atoms with Gasteiger partial charge in [0.25, 0.3) is 0 Å². The predicted octanol–water partition coefficient (Wildman–Crippen LogP) is 4.87. The van der Waals surface area contributed by atoms with Crippen molar-refractivity contribution < 1.29 is 73.8 Å². The second kappa shape index (κ2) is 33.1. The molecular formula is C44H82O15. The molecule has 2 heterocycles. The van der Waals surface area contributed by atoms with Crippen LogP contribution in [0.4, 0.5) is 0 Å². The van der Waals surface area contributed by atoms with Gasteiger partial charge in [-0.25, -0.2) is 0 Å². The van der Waals surface area contributed by atoms with E-state index < -0.39 is 92.7 Å². The van der Waals surface area contributed by atoms with Gasteiger partial charge in [0.1, 0.15) is 55.4 Å². The number of carbonyl (C=O) groups is 2. The van der Waals surface area contributed by atoms with Crippen molar-refractivity contribution in [1.82, 2.24) is 0 Å². The average molecular weight is 851 g/mol. The summed E-state index contributed by atoms with van der Waals surface area (Å²) in [6.45, 7) is 2.57. The van der Waals surface area contributed by atoms with Gasteiger partial charge in [-0.1, -0.05) is 149 Å². The van der Waals surface area contributed by atoms with Crippen LogP contribution < -0.4 is 0 Å². The molecule has 15 nitrogen and oxygen atoms in total. The Kier molecular flexibility index (Phi) is 30.1. The molecule has 0 aromatic carbocycles. The molecule has 15 heteroatoms. The first-order chi connectivity index (χ1) is 28.5. The standard InChI is InChI=1S/C44H82O15/c1-3-5-7-9-11-13-15-17-18-20-22-24-26-35(46)54-29-32(57-36(47)27-25-23-21-19-16-14-12-10-8-6-4-2)30-55-43-42(53)40(51)38(49)34(59-43)31-56-44-41(52)39(50)37(48)33(28-45)58-44/h32-34,37-45,48-53H,3-31H2,1-2H3/t32-,33-,34-,37+,38+,39?,40?,41?,42?,43-,44-/m1/s1. The molecule has 0 aromatic rings. The lowest BCUT2D eigenvalue weighted by molar-refractivity contribution is -0.332. The molecule has 2 aliphatic heterocycles. The van der Waals surface area contributed by atoms with Crippen molar-refractivity contribution in [2.45, 2.75) is 242 Å². The van der Waals surface area contributed by atoms with E-state index in [4.69, 9.17) is 28.4 Å². The maximum absolute atomic E-state index is 12.9. The maximum Gasteiger partial charge on any atom is 0.306 e. The second-order valence-electron chi connectivity index (χ2n) is 16.6. The van der Waals surface area contributed by atoms with Gasteiger partial charge in [-0.2, -0.15) is 0 Å². The molecule has 59 heavy (non-hydrogen) atoms. The van der Waals surface area contributed by atoms with Gasteiger partial charge in [0.15, 0.2) is 18.7 Å². The molecule has 348 valence electrons. The lowest BCUT2D eigenvalue weighted by Gasteiger charge is -2.42. The molecule has 0 amide bonds.